The molecule has 0 spiro atoms. The van der Waals surface area contributed by atoms with Crippen LogP contribution in [0.1, 0.15) is 22.2 Å². The molecular weight excluding hydrogens is 232 g/mol. The average molecular weight is 250 g/mol. The molecule has 7 nitrogen and oxygen atoms in total. The van der Waals surface area contributed by atoms with Crippen LogP contribution in [0.3, 0.4) is 0 Å². The van der Waals surface area contributed by atoms with Crippen molar-refractivity contribution in [3.63, 3.8) is 0 Å². The molecule has 0 radical (unpaired) electrons. The molecule has 18 heavy (non-hydrogen) atoms. The molecule has 1 amide bonds. The van der Waals surface area contributed by atoms with Gasteiger partial charge in [-0.3, -0.25) is 9.69 Å². The van der Waals surface area contributed by atoms with Crippen molar-refractivity contribution in [2.45, 2.75) is 6.04 Å². The van der Waals surface area contributed by atoms with Gasteiger partial charge in [-0.2, -0.15) is 0 Å². The van der Waals surface area contributed by atoms with Gasteiger partial charge >= 0.3 is 0 Å². The van der Waals surface area contributed by atoms with Crippen LogP contribution in [0, 0.1) is 0 Å². The third kappa shape index (κ3) is 2.41. The standard InChI is InChI=1S/C11H18N6O/c1-16-3-4-17(2)8(6-16)11-14-5-7(10(13)18)9(12)15-11/h5,8H,3-4,6H2,1-2H3,(H2,13,18)(H2,12,14,15). The van der Waals surface area contributed by atoms with E-state index in [1.807, 2.05) is 7.05 Å². The molecule has 2 rings (SSSR count). The van der Waals surface area contributed by atoms with Gasteiger partial charge in [0.2, 0.25) is 0 Å². The fourth-order valence-corrected chi connectivity index (χ4v) is 2.05. The predicted molar refractivity (Wildman–Crippen MR) is 67.8 cm³/mol. The number of aromatic nitrogens is 2. The number of amides is 1. The van der Waals surface area contributed by atoms with Gasteiger partial charge in [0.05, 0.1) is 11.6 Å². The normalized spacial score (nSPS) is 22.0. The van der Waals surface area contributed by atoms with E-state index in [-0.39, 0.29) is 17.4 Å². The first-order valence-electron chi connectivity index (χ1n) is 5.80. The van der Waals surface area contributed by atoms with Crippen molar-refractivity contribution in [1.82, 2.24) is 19.8 Å². The van der Waals surface area contributed by atoms with E-state index in [0.717, 1.165) is 19.6 Å². The summed E-state index contributed by atoms with van der Waals surface area (Å²) in [5.74, 6) is 0.175. The van der Waals surface area contributed by atoms with Crippen LogP contribution < -0.4 is 11.5 Å². The Hall–Kier alpha value is -1.73. The van der Waals surface area contributed by atoms with Gasteiger partial charge in [-0.05, 0) is 14.1 Å². The number of primary amides is 1. The van der Waals surface area contributed by atoms with Gasteiger partial charge in [-0.15, -0.1) is 0 Å². The zero-order valence-corrected chi connectivity index (χ0v) is 10.6. The summed E-state index contributed by atoms with van der Waals surface area (Å²) in [6, 6.07) is 0.0907. The highest BCUT2D eigenvalue weighted by Gasteiger charge is 2.26. The lowest BCUT2D eigenvalue weighted by Gasteiger charge is -2.36. The van der Waals surface area contributed by atoms with Crippen molar-refractivity contribution >= 4 is 11.7 Å². The Labute approximate surface area is 106 Å². The molecule has 98 valence electrons. The molecule has 4 N–H and O–H groups in total. The fourth-order valence-electron chi connectivity index (χ4n) is 2.05. The van der Waals surface area contributed by atoms with Gasteiger partial charge in [0.15, 0.2) is 0 Å². The van der Waals surface area contributed by atoms with E-state index in [1.165, 1.54) is 6.20 Å². The minimum absolute atomic E-state index is 0.0907. The molecule has 1 atom stereocenters. The lowest BCUT2D eigenvalue weighted by Crippen LogP contribution is -2.45. The molecule has 0 aromatic carbocycles. The Bertz CT molecular complexity index is 463. The van der Waals surface area contributed by atoms with Crippen molar-refractivity contribution in [2.24, 2.45) is 5.73 Å². The SMILES string of the molecule is CN1CCN(C)C(c2ncc(C(N)=O)c(N)n2)C1. The topological polar surface area (TPSA) is 101 Å². The molecule has 1 aliphatic heterocycles. The maximum absolute atomic E-state index is 11.1. The second-order valence-corrected chi connectivity index (χ2v) is 4.65. The largest absolute Gasteiger partial charge is 0.383 e. The maximum Gasteiger partial charge on any atom is 0.254 e. The summed E-state index contributed by atoms with van der Waals surface area (Å²) in [5, 5.41) is 0. The summed E-state index contributed by atoms with van der Waals surface area (Å²) in [7, 11) is 4.08. The second kappa shape index (κ2) is 4.87. The summed E-state index contributed by atoms with van der Waals surface area (Å²) >= 11 is 0. The summed E-state index contributed by atoms with van der Waals surface area (Å²) in [4.78, 5) is 23.9. The lowest BCUT2D eigenvalue weighted by molar-refractivity contribution is 0.0998. The Morgan fingerprint density at radius 1 is 1.44 bits per heavy atom. The molecule has 1 aromatic heterocycles. The molecule has 1 fully saturated rings. The number of hydrogen-bond acceptors (Lipinski definition) is 6. The second-order valence-electron chi connectivity index (χ2n) is 4.65. The highest BCUT2D eigenvalue weighted by molar-refractivity contribution is 5.96. The highest BCUT2D eigenvalue weighted by atomic mass is 16.1. The molecule has 1 aliphatic rings. The van der Waals surface area contributed by atoms with Gasteiger partial charge in [0.1, 0.15) is 11.6 Å². The molecule has 1 saturated heterocycles. The zero-order chi connectivity index (χ0) is 13.3. The maximum atomic E-state index is 11.1. The van der Waals surface area contributed by atoms with Crippen LogP contribution in [-0.4, -0.2) is 59.4 Å². The minimum atomic E-state index is -0.604. The number of nitrogens with two attached hydrogens (primary N) is 2. The van der Waals surface area contributed by atoms with Gasteiger partial charge in [0, 0.05) is 25.8 Å². The van der Waals surface area contributed by atoms with Crippen molar-refractivity contribution in [2.75, 3.05) is 39.5 Å². The first-order valence-corrected chi connectivity index (χ1v) is 5.80. The molecule has 7 heteroatoms. The van der Waals surface area contributed by atoms with Gasteiger partial charge < -0.3 is 16.4 Å². The van der Waals surface area contributed by atoms with E-state index in [0.29, 0.717) is 5.82 Å². The van der Waals surface area contributed by atoms with Crippen molar-refractivity contribution in [3.8, 4) is 0 Å². The molecule has 2 heterocycles. The van der Waals surface area contributed by atoms with Gasteiger partial charge in [0.25, 0.3) is 5.91 Å². The van der Waals surface area contributed by atoms with E-state index in [4.69, 9.17) is 11.5 Å². The third-order valence-corrected chi connectivity index (χ3v) is 3.25. The highest BCUT2D eigenvalue weighted by Crippen LogP contribution is 2.21. The molecule has 0 bridgehead atoms. The molecule has 0 aliphatic carbocycles. The van der Waals surface area contributed by atoms with Crippen LogP contribution in [0.15, 0.2) is 6.20 Å². The first kappa shape index (κ1) is 12.7. The van der Waals surface area contributed by atoms with Crippen LogP contribution in [0.2, 0.25) is 0 Å². The Morgan fingerprint density at radius 2 is 2.17 bits per heavy atom. The number of carbonyl (C=O) groups is 1. The summed E-state index contributed by atoms with van der Waals surface area (Å²) < 4.78 is 0. The summed E-state index contributed by atoms with van der Waals surface area (Å²) in [5.41, 5.74) is 11.1. The monoisotopic (exact) mass is 250 g/mol. The number of carbonyl (C=O) groups excluding carboxylic acids is 1. The number of anilines is 1. The van der Waals surface area contributed by atoms with E-state index >= 15 is 0 Å². The summed E-state index contributed by atoms with van der Waals surface area (Å²) in [6.07, 6.45) is 1.41. The van der Waals surface area contributed by atoms with Crippen molar-refractivity contribution in [1.29, 1.82) is 0 Å². The van der Waals surface area contributed by atoms with Crippen LogP contribution in [-0.2, 0) is 0 Å². The van der Waals surface area contributed by atoms with E-state index < -0.39 is 5.91 Å². The van der Waals surface area contributed by atoms with Gasteiger partial charge in [-0.25, -0.2) is 9.97 Å². The minimum Gasteiger partial charge on any atom is -0.383 e. The average Bonchev–Trinajstić information content (AvgIpc) is 2.31. The Morgan fingerprint density at radius 3 is 2.78 bits per heavy atom. The third-order valence-electron chi connectivity index (χ3n) is 3.25. The molecule has 1 aromatic rings. The van der Waals surface area contributed by atoms with Crippen molar-refractivity contribution < 1.29 is 4.79 Å². The first-order chi connectivity index (χ1) is 8.49. The molecule has 1 unspecified atom stereocenters. The Kier molecular flexibility index (Phi) is 3.44. The molecule has 0 saturated carbocycles. The quantitative estimate of drug-likeness (QED) is 0.703. The summed E-state index contributed by atoms with van der Waals surface area (Å²) in [6.45, 7) is 2.80. The zero-order valence-electron chi connectivity index (χ0n) is 10.6. The van der Waals surface area contributed by atoms with Crippen molar-refractivity contribution in [3.05, 3.63) is 17.6 Å². The lowest BCUT2D eigenvalue weighted by atomic mass is 10.1. The van der Waals surface area contributed by atoms with Crippen LogP contribution in [0.25, 0.3) is 0 Å². The fraction of sp³-hybridized carbons (Fsp3) is 0.545. The predicted octanol–water partition coefficient (Wildman–Crippen LogP) is -0.924. The smallest absolute Gasteiger partial charge is 0.254 e. The van der Waals surface area contributed by atoms with E-state index in [9.17, 15) is 4.79 Å². The number of piperazine rings is 1. The van der Waals surface area contributed by atoms with Crippen LogP contribution in [0.5, 0.6) is 0 Å². The van der Waals surface area contributed by atoms with Crippen LogP contribution in [0.4, 0.5) is 5.82 Å². The Balaban J connectivity index is 2.28. The number of hydrogen-bond donors (Lipinski definition) is 2. The number of rotatable bonds is 2. The van der Waals surface area contributed by atoms with E-state index in [1.54, 1.807) is 0 Å². The molecular formula is C11H18N6O. The van der Waals surface area contributed by atoms with Crippen LogP contribution >= 0.6 is 0 Å². The van der Waals surface area contributed by atoms with Gasteiger partial charge in [-0.1, -0.05) is 0 Å². The number of likely N-dealkylation sites (N-methyl/N-ethyl adjacent to an activating group) is 2. The number of nitrogens with zero attached hydrogens (tertiary/aromatic N) is 4. The number of nitrogen functional groups attached to an aromatic ring is 1. The van der Waals surface area contributed by atoms with E-state index in [2.05, 4.69) is 26.8 Å².